The van der Waals surface area contributed by atoms with Gasteiger partial charge in [-0.15, -0.1) is 0 Å². The van der Waals surface area contributed by atoms with Gasteiger partial charge in [-0.25, -0.2) is 8.42 Å². The van der Waals surface area contributed by atoms with Crippen molar-refractivity contribution in [2.45, 2.75) is 39.8 Å². The van der Waals surface area contributed by atoms with Crippen LogP contribution in [0.2, 0.25) is 0 Å². The fraction of sp³-hybridized carbons (Fsp3) is 0.417. The number of nitrogens with zero attached hydrogens (tertiary/aromatic N) is 2. The van der Waals surface area contributed by atoms with E-state index < -0.39 is 28.5 Å². The largest absolute Gasteiger partial charge is 0.497 e. The number of carbonyl (C=O) groups excluding carboxylic acids is 2. The molecule has 1 atom stereocenters. The molecule has 180 valence electrons. The Morgan fingerprint density at radius 2 is 1.79 bits per heavy atom. The molecule has 2 rings (SSSR count). The molecular weight excluding hydrogens is 442 g/mol. The number of benzene rings is 2. The van der Waals surface area contributed by atoms with E-state index in [9.17, 15) is 18.0 Å². The number of methoxy groups -OCH3 is 1. The van der Waals surface area contributed by atoms with Crippen LogP contribution < -0.4 is 14.4 Å². The third-order valence-electron chi connectivity index (χ3n) is 5.64. The first-order valence-electron chi connectivity index (χ1n) is 10.7. The molecule has 33 heavy (non-hydrogen) atoms. The average Bonchev–Trinajstić information content (AvgIpc) is 2.78. The molecule has 0 saturated carbocycles. The highest BCUT2D eigenvalue weighted by molar-refractivity contribution is 7.92. The molecule has 0 radical (unpaired) electrons. The minimum absolute atomic E-state index is 0.131. The number of sulfonamides is 1. The Morgan fingerprint density at radius 3 is 2.36 bits per heavy atom. The Bertz CT molecular complexity index is 1100. The highest BCUT2D eigenvalue weighted by Crippen LogP contribution is 2.26. The Balaban J connectivity index is 2.48. The minimum atomic E-state index is -3.76. The van der Waals surface area contributed by atoms with E-state index in [1.165, 1.54) is 11.9 Å². The predicted molar refractivity (Wildman–Crippen MR) is 130 cm³/mol. The molecule has 0 bridgehead atoms. The smallest absolute Gasteiger partial charge is 0.244 e. The summed E-state index contributed by atoms with van der Waals surface area (Å²) in [6, 6.07) is 11.8. The summed E-state index contributed by atoms with van der Waals surface area (Å²) in [5, 5.41) is 2.60. The molecule has 0 aromatic heterocycles. The van der Waals surface area contributed by atoms with E-state index >= 15 is 0 Å². The van der Waals surface area contributed by atoms with Crippen molar-refractivity contribution in [3.63, 3.8) is 0 Å². The van der Waals surface area contributed by atoms with Gasteiger partial charge in [0.2, 0.25) is 21.8 Å². The van der Waals surface area contributed by atoms with Crippen LogP contribution in [0.1, 0.15) is 30.0 Å². The highest BCUT2D eigenvalue weighted by atomic mass is 32.2. The third-order valence-corrected chi connectivity index (χ3v) is 6.77. The summed E-state index contributed by atoms with van der Waals surface area (Å²) in [4.78, 5) is 27.6. The van der Waals surface area contributed by atoms with Gasteiger partial charge < -0.3 is 15.0 Å². The molecule has 9 heteroatoms. The van der Waals surface area contributed by atoms with Crippen LogP contribution in [0.3, 0.4) is 0 Å². The van der Waals surface area contributed by atoms with Crippen LogP contribution in [0.4, 0.5) is 5.69 Å². The van der Waals surface area contributed by atoms with E-state index in [1.807, 2.05) is 32.9 Å². The number of hydrogen-bond donors (Lipinski definition) is 1. The van der Waals surface area contributed by atoms with E-state index in [0.29, 0.717) is 17.9 Å². The summed E-state index contributed by atoms with van der Waals surface area (Å²) >= 11 is 0. The lowest BCUT2D eigenvalue weighted by Gasteiger charge is -2.33. The maximum Gasteiger partial charge on any atom is 0.244 e. The Morgan fingerprint density at radius 1 is 1.12 bits per heavy atom. The second-order valence-electron chi connectivity index (χ2n) is 7.90. The molecule has 0 fully saturated rings. The van der Waals surface area contributed by atoms with Crippen LogP contribution in [0.5, 0.6) is 5.75 Å². The molecular formula is C24H33N3O5S. The second kappa shape index (κ2) is 11.2. The van der Waals surface area contributed by atoms with Gasteiger partial charge in [0.05, 0.1) is 19.1 Å². The molecule has 2 amide bonds. The summed E-state index contributed by atoms with van der Waals surface area (Å²) in [6.45, 7) is 5.23. The number of ether oxygens (including phenoxy) is 1. The predicted octanol–water partition coefficient (Wildman–Crippen LogP) is 2.63. The fourth-order valence-electron chi connectivity index (χ4n) is 3.65. The van der Waals surface area contributed by atoms with Crippen molar-refractivity contribution in [3.8, 4) is 5.75 Å². The lowest BCUT2D eigenvalue weighted by Crippen LogP contribution is -2.51. The monoisotopic (exact) mass is 475 g/mol. The number of aryl methyl sites for hydroxylation is 1. The number of amides is 2. The quantitative estimate of drug-likeness (QED) is 0.570. The molecule has 0 aliphatic carbocycles. The van der Waals surface area contributed by atoms with Crippen molar-refractivity contribution in [2.24, 2.45) is 0 Å². The van der Waals surface area contributed by atoms with Crippen molar-refractivity contribution in [3.05, 3.63) is 59.2 Å². The average molecular weight is 476 g/mol. The molecule has 0 aliphatic heterocycles. The Hall–Kier alpha value is -3.07. The van der Waals surface area contributed by atoms with Gasteiger partial charge in [0, 0.05) is 13.6 Å². The van der Waals surface area contributed by atoms with E-state index in [4.69, 9.17) is 4.74 Å². The SMILES string of the molecule is CCC(C(=O)NC)N(Cc1cccc(OC)c1)C(=O)CN(c1cccc(C)c1C)S(C)(=O)=O. The highest BCUT2D eigenvalue weighted by Gasteiger charge is 2.31. The maximum absolute atomic E-state index is 13.6. The van der Waals surface area contributed by atoms with Gasteiger partial charge in [-0.1, -0.05) is 31.2 Å². The number of likely N-dealkylation sites (N-methyl/N-ethyl adjacent to an activating group) is 1. The van der Waals surface area contributed by atoms with Gasteiger partial charge in [-0.3, -0.25) is 13.9 Å². The number of anilines is 1. The summed E-state index contributed by atoms with van der Waals surface area (Å²) in [7, 11) is -0.699. The molecule has 8 nitrogen and oxygen atoms in total. The van der Waals surface area contributed by atoms with E-state index in [1.54, 1.807) is 37.4 Å². The first kappa shape index (κ1) is 26.2. The Labute approximate surface area is 196 Å². The molecule has 1 N–H and O–H groups in total. The standard InChI is InChI=1S/C24H33N3O5S/c1-7-21(24(29)25-4)26(15-19-11-9-12-20(14-19)32-5)23(28)16-27(33(6,30)31)22-13-8-10-17(2)18(22)3/h8-14,21H,7,15-16H2,1-6H3,(H,25,29). The molecule has 0 saturated heterocycles. The number of carbonyl (C=O) groups is 2. The normalized spacial score (nSPS) is 12.1. The first-order valence-corrected chi connectivity index (χ1v) is 12.6. The van der Waals surface area contributed by atoms with Crippen LogP contribution in [0.15, 0.2) is 42.5 Å². The molecule has 0 aliphatic rings. The summed E-state index contributed by atoms with van der Waals surface area (Å²) < 4.78 is 31.7. The molecule has 0 spiro atoms. The Kier molecular flexibility index (Phi) is 8.87. The molecule has 2 aromatic rings. The first-order chi connectivity index (χ1) is 15.5. The van der Waals surface area contributed by atoms with Crippen LogP contribution in [0.25, 0.3) is 0 Å². The summed E-state index contributed by atoms with van der Waals surface area (Å²) in [6.07, 6.45) is 1.45. The molecule has 1 unspecified atom stereocenters. The summed E-state index contributed by atoms with van der Waals surface area (Å²) in [5.74, 6) is -0.160. The van der Waals surface area contributed by atoms with Gasteiger partial charge >= 0.3 is 0 Å². The lowest BCUT2D eigenvalue weighted by molar-refractivity contribution is -0.140. The van der Waals surface area contributed by atoms with Crippen LogP contribution in [0, 0.1) is 13.8 Å². The second-order valence-corrected chi connectivity index (χ2v) is 9.81. The van der Waals surface area contributed by atoms with E-state index in [-0.39, 0.29) is 12.5 Å². The molecule has 2 aromatic carbocycles. The van der Waals surface area contributed by atoms with Gasteiger partial charge in [-0.2, -0.15) is 0 Å². The zero-order valence-electron chi connectivity index (χ0n) is 20.1. The minimum Gasteiger partial charge on any atom is -0.497 e. The van der Waals surface area contributed by atoms with Gasteiger partial charge in [0.15, 0.2) is 0 Å². The maximum atomic E-state index is 13.6. The van der Waals surface area contributed by atoms with Gasteiger partial charge in [0.25, 0.3) is 0 Å². The lowest BCUT2D eigenvalue weighted by atomic mass is 10.1. The number of rotatable bonds is 10. The van der Waals surface area contributed by atoms with Crippen molar-refractivity contribution >= 4 is 27.5 Å². The van der Waals surface area contributed by atoms with Crippen molar-refractivity contribution in [1.82, 2.24) is 10.2 Å². The van der Waals surface area contributed by atoms with Crippen LogP contribution >= 0.6 is 0 Å². The van der Waals surface area contributed by atoms with E-state index in [2.05, 4.69) is 5.32 Å². The van der Waals surface area contributed by atoms with Crippen molar-refractivity contribution in [2.75, 3.05) is 31.3 Å². The van der Waals surface area contributed by atoms with Crippen molar-refractivity contribution in [1.29, 1.82) is 0 Å². The third kappa shape index (κ3) is 6.47. The van der Waals surface area contributed by atoms with E-state index in [0.717, 1.165) is 27.3 Å². The van der Waals surface area contributed by atoms with Crippen LogP contribution in [-0.2, 0) is 26.2 Å². The van der Waals surface area contributed by atoms with Gasteiger partial charge in [0.1, 0.15) is 18.3 Å². The zero-order valence-corrected chi connectivity index (χ0v) is 20.9. The number of hydrogen-bond acceptors (Lipinski definition) is 5. The van der Waals surface area contributed by atoms with Crippen LogP contribution in [-0.4, -0.2) is 58.1 Å². The topological polar surface area (TPSA) is 96.0 Å². The number of nitrogens with one attached hydrogen (secondary N) is 1. The summed E-state index contributed by atoms with van der Waals surface area (Å²) in [5.41, 5.74) is 2.90. The van der Waals surface area contributed by atoms with Gasteiger partial charge in [-0.05, 0) is 55.2 Å². The zero-order chi connectivity index (χ0) is 24.8. The molecule has 0 heterocycles. The fourth-order valence-corrected chi connectivity index (χ4v) is 4.55. The van der Waals surface area contributed by atoms with Crippen molar-refractivity contribution < 1.29 is 22.7 Å².